The maximum Gasteiger partial charge on any atom is 0.306 e. The first kappa shape index (κ1) is 61.5. The van der Waals surface area contributed by atoms with Crippen LogP contribution in [0.2, 0.25) is 0 Å². The van der Waals surface area contributed by atoms with Crippen LogP contribution in [0, 0.1) is 0 Å². The van der Waals surface area contributed by atoms with Gasteiger partial charge in [0.1, 0.15) is 13.2 Å². The van der Waals surface area contributed by atoms with Crippen molar-refractivity contribution in [2.24, 2.45) is 0 Å². The van der Waals surface area contributed by atoms with Gasteiger partial charge in [0.05, 0.1) is 0 Å². The van der Waals surface area contributed by atoms with Crippen molar-refractivity contribution in [3.8, 4) is 0 Å². The van der Waals surface area contributed by atoms with Crippen molar-refractivity contribution in [2.45, 2.75) is 168 Å². The Labute approximate surface area is 408 Å². The second-order valence-corrected chi connectivity index (χ2v) is 15.8. The molecule has 0 radical (unpaired) electrons. The van der Waals surface area contributed by atoms with E-state index in [2.05, 4.69) is 106 Å². The summed E-state index contributed by atoms with van der Waals surface area (Å²) >= 11 is 0. The van der Waals surface area contributed by atoms with E-state index >= 15 is 0 Å². The summed E-state index contributed by atoms with van der Waals surface area (Å²) in [6, 6.07) is 0. The Kier molecular flexibility index (Phi) is 48.8. The lowest BCUT2D eigenvalue weighted by atomic mass is 10.1. The summed E-state index contributed by atoms with van der Waals surface area (Å²) in [6.07, 6.45) is 80.1. The Hall–Kier alpha value is -5.49. The molecule has 0 saturated heterocycles. The lowest BCUT2D eigenvalue weighted by Gasteiger charge is -2.18. The Bertz CT molecular complexity index is 1670. The number of ether oxygens (including phenoxy) is 3. The molecule has 1 atom stereocenters. The van der Waals surface area contributed by atoms with Gasteiger partial charge in [0.15, 0.2) is 6.10 Å². The van der Waals surface area contributed by atoms with E-state index in [0.29, 0.717) is 19.3 Å². The molecular weight excluding hydrogens is 829 g/mol. The van der Waals surface area contributed by atoms with Crippen LogP contribution in [0.5, 0.6) is 0 Å². The van der Waals surface area contributed by atoms with Gasteiger partial charge in [-0.2, -0.15) is 0 Å². The topological polar surface area (TPSA) is 78.9 Å². The molecule has 0 aliphatic rings. The van der Waals surface area contributed by atoms with E-state index in [4.69, 9.17) is 14.2 Å². The third-order valence-electron chi connectivity index (χ3n) is 9.64. The molecular formula is C61H88O6. The third-order valence-corrected chi connectivity index (χ3v) is 9.64. The van der Waals surface area contributed by atoms with Crippen molar-refractivity contribution >= 4 is 17.9 Å². The summed E-state index contributed by atoms with van der Waals surface area (Å²) in [7, 11) is 0. The molecule has 6 nitrogen and oxygen atoms in total. The molecule has 6 heteroatoms. The molecule has 0 aromatic heterocycles. The molecule has 0 rings (SSSR count). The molecule has 0 amide bonds. The fourth-order valence-corrected chi connectivity index (χ4v) is 5.92. The molecule has 0 aromatic rings. The van der Waals surface area contributed by atoms with E-state index in [1.165, 1.54) is 0 Å². The molecule has 0 saturated carbocycles. The van der Waals surface area contributed by atoms with Gasteiger partial charge < -0.3 is 14.2 Å². The predicted octanol–water partition coefficient (Wildman–Crippen LogP) is 17.0. The lowest BCUT2D eigenvalue weighted by molar-refractivity contribution is -0.167. The molecule has 0 aliphatic carbocycles. The highest BCUT2D eigenvalue weighted by atomic mass is 16.6. The van der Waals surface area contributed by atoms with Crippen LogP contribution in [-0.2, 0) is 28.6 Å². The molecule has 0 bridgehead atoms. The largest absolute Gasteiger partial charge is 0.462 e. The van der Waals surface area contributed by atoms with Crippen LogP contribution in [0.25, 0.3) is 0 Å². The van der Waals surface area contributed by atoms with Crippen LogP contribution in [0.4, 0.5) is 0 Å². The smallest absolute Gasteiger partial charge is 0.306 e. The van der Waals surface area contributed by atoms with Crippen LogP contribution in [0.15, 0.2) is 182 Å². The van der Waals surface area contributed by atoms with Crippen molar-refractivity contribution in [3.63, 3.8) is 0 Å². The van der Waals surface area contributed by atoms with Gasteiger partial charge >= 0.3 is 17.9 Å². The Morgan fingerprint density at radius 1 is 0.313 bits per heavy atom. The molecule has 0 aromatic carbocycles. The van der Waals surface area contributed by atoms with Gasteiger partial charge in [-0.25, -0.2) is 0 Å². The van der Waals surface area contributed by atoms with Crippen LogP contribution in [-0.4, -0.2) is 37.2 Å². The van der Waals surface area contributed by atoms with E-state index in [0.717, 1.165) is 109 Å². The fraction of sp³-hybridized carbons (Fsp3) is 0.459. The van der Waals surface area contributed by atoms with Crippen molar-refractivity contribution in [1.29, 1.82) is 0 Å². The van der Waals surface area contributed by atoms with E-state index in [1.54, 1.807) is 0 Å². The zero-order valence-electron chi connectivity index (χ0n) is 41.8. The Balaban J connectivity index is 4.65. The summed E-state index contributed by atoms with van der Waals surface area (Å²) in [5.41, 5.74) is 0. The quantitative estimate of drug-likeness (QED) is 0.0200. The molecule has 0 spiro atoms. The molecule has 67 heavy (non-hydrogen) atoms. The highest BCUT2D eigenvalue weighted by molar-refractivity contribution is 5.71. The number of hydrogen-bond acceptors (Lipinski definition) is 6. The zero-order valence-corrected chi connectivity index (χ0v) is 41.8. The minimum Gasteiger partial charge on any atom is -0.462 e. The monoisotopic (exact) mass is 917 g/mol. The second kappa shape index (κ2) is 53.1. The zero-order chi connectivity index (χ0) is 48.6. The standard InChI is InChI=1S/C61H88O6/c1-4-7-10-13-16-19-22-25-28-29-30-31-34-36-39-42-45-48-51-54-60(63)66-57-58(67-61(64)55-52-49-46-43-40-37-33-27-24-21-18-15-12-9-6-3)56-65-59(62)53-50-47-44-41-38-35-32-26-23-20-17-14-11-8-5-2/h7-12,14-21,23-28,30-33,35-40,58H,4-6,13,22,29,34,41-57H2,1-3H3/b10-7-,11-8-,12-9-,17-14-,18-15-,19-16-,23-20-,24-21-,28-25-,31-30-,32-26-,33-27-,38-35-,39-36-,40-37-. The summed E-state index contributed by atoms with van der Waals surface area (Å²) in [5.74, 6) is -1.07. The first-order chi connectivity index (χ1) is 33.0. The minimum atomic E-state index is -0.843. The number of esters is 3. The molecule has 368 valence electrons. The van der Waals surface area contributed by atoms with E-state index < -0.39 is 6.10 Å². The first-order valence-electron chi connectivity index (χ1n) is 25.4. The van der Waals surface area contributed by atoms with Crippen molar-refractivity contribution < 1.29 is 28.6 Å². The minimum absolute atomic E-state index is 0.138. The Morgan fingerprint density at radius 2 is 0.612 bits per heavy atom. The fourth-order valence-electron chi connectivity index (χ4n) is 5.92. The van der Waals surface area contributed by atoms with E-state index in [9.17, 15) is 14.4 Å². The number of rotatable bonds is 42. The molecule has 0 aliphatic heterocycles. The van der Waals surface area contributed by atoms with Crippen molar-refractivity contribution in [2.75, 3.05) is 13.2 Å². The predicted molar refractivity (Wildman–Crippen MR) is 287 cm³/mol. The van der Waals surface area contributed by atoms with Gasteiger partial charge in [0, 0.05) is 19.3 Å². The summed E-state index contributed by atoms with van der Waals surface area (Å²) in [6.45, 7) is 6.09. The summed E-state index contributed by atoms with van der Waals surface area (Å²) in [4.78, 5) is 38.0. The highest BCUT2D eigenvalue weighted by Crippen LogP contribution is 2.11. The molecule has 0 heterocycles. The molecule has 0 fully saturated rings. The van der Waals surface area contributed by atoms with Crippen LogP contribution in [0.1, 0.15) is 162 Å². The van der Waals surface area contributed by atoms with Crippen LogP contribution < -0.4 is 0 Å². The van der Waals surface area contributed by atoms with Crippen molar-refractivity contribution in [1.82, 2.24) is 0 Å². The van der Waals surface area contributed by atoms with E-state index in [-0.39, 0.29) is 44.0 Å². The molecule has 0 N–H and O–H groups in total. The van der Waals surface area contributed by atoms with Gasteiger partial charge in [-0.05, 0) is 103 Å². The average Bonchev–Trinajstić information content (AvgIpc) is 3.33. The summed E-state index contributed by atoms with van der Waals surface area (Å²) in [5, 5.41) is 0. The SMILES string of the molecule is CC\C=C/C=C\C=C/C=C\C=C/CCCCCC(=O)OCC(COC(=O)CCCCC/C=C\C/C=C\C/C=C\C/C=C\C/C=C\CC)OC(=O)CCCCC\C=C/C=C\C=C/C=C\C=C/CC. The van der Waals surface area contributed by atoms with Gasteiger partial charge in [0.25, 0.3) is 0 Å². The number of carbonyl (C=O) groups excluding carboxylic acids is 3. The maximum absolute atomic E-state index is 12.8. The second-order valence-electron chi connectivity index (χ2n) is 15.8. The van der Waals surface area contributed by atoms with Gasteiger partial charge in [-0.1, -0.05) is 222 Å². The maximum atomic E-state index is 12.8. The van der Waals surface area contributed by atoms with Crippen molar-refractivity contribution in [3.05, 3.63) is 182 Å². The van der Waals surface area contributed by atoms with E-state index in [1.807, 2.05) is 97.2 Å². The highest BCUT2D eigenvalue weighted by Gasteiger charge is 2.19. The first-order valence-corrected chi connectivity index (χ1v) is 25.4. The number of unbranched alkanes of at least 4 members (excludes halogenated alkanes) is 9. The van der Waals surface area contributed by atoms with Crippen LogP contribution in [0.3, 0.4) is 0 Å². The average molecular weight is 917 g/mol. The lowest BCUT2D eigenvalue weighted by Crippen LogP contribution is -2.30. The normalized spacial score (nSPS) is 13.7. The van der Waals surface area contributed by atoms with Gasteiger partial charge in [-0.3, -0.25) is 14.4 Å². The van der Waals surface area contributed by atoms with Crippen LogP contribution >= 0.6 is 0 Å². The Morgan fingerprint density at radius 3 is 0.985 bits per heavy atom. The van der Waals surface area contributed by atoms with Gasteiger partial charge in [0.2, 0.25) is 0 Å². The molecule has 1 unspecified atom stereocenters. The van der Waals surface area contributed by atoms with Gasteiger partial charge in [-0.15, -0.1) is 0 Å². The number of hydrogen-bond donors (Lipinski definition) is 0. The summed E-state index contributed by atoms with van der Waals surface area (Å²) < 4.78 is 16.7. The third kappa shape index (κ3) is 51.4. The number of allylic oxidation sites excluding steroid dienone is 30. The number of carbonyl (C=O) groups is 3.